The van der Waals surface area contributed by atoms with Crippen molar-refractivity contribution in [2.75, 3.05) is 25.6 Å². The maximum Gasteiger partial charge on any atom is 0.357 e. The Kier molecular flexibility index (Phi) is 4.83. The van der Waals surface area contributed by atoms with Crippen LogP contribution in [0.5, 0.6) is 0 Å². The molecule has 142 valence electrons. The predicted octanol–water partition coefficient (Wildman–Crippen LogP) is 4.39. The summed E-state index contributed by atoms with van der Waals surface area (Å²) < 4.78 is 6.86. The summed E-state index contributed by atoms with van der Waals surface area (Å²) in [7, 11) is 4.00. The lowest BCUT2D eigenvalue weighted by atomic mass is 10.1. The van der Waals surface area contributed by atoms with E-state index in [-0.39, 0.29) is 0 Å². The predicted molar refractivity (Wildman–Crippen MR) is 112 cm³/mol. The Bertz CT molecular complexity index is 1130. The molecule has 4 rings (SSSR count). The quantitative estimate of drug-likeness (QED) is 0.471. The first-order valence-electron chi connectivity index (χ1n) is 8.97. The van der Waals surface area contributed by atoms with Gasteiger partial charge in [-0.25, -0.2) is 14.5 Å². The maximum atomic E-state index is 12.0. The first-order valence-corrected chi connectivity index (χ1v) is 9.85. The van der Waals surface area contributed by atoms with Crippen LogP contribution >= 0.6 is 11.3 Å². The molecule has 0 saturated heterocycles. The van der Waals surface area contributed by atoms with Crippen molar-refractivity contribution in [1.82, 2.24) is 14.8 Å². The number of carbonyl (C=O) groups excluding carboxylic acids is 1. The smallest absolute Gasteiger partial charge is 0.357 e. The van der Waals surface area contributed by atoms with Gasteiger partial charge < -0.3 is 9.64 Å². The van der Waals surface area contributed by atoms with E-state index in [9.17, 15) is 4.79 Å². The topological polar surface area (TPSA) is 60.3 Å². The van der Waals surface area contributed by atoms with Gasteiger partial charge in [0.25, 0.3) is 0 Å². The van der Waals surface area contributed by atoms with Gasteiger partial charge in [-0.15, -0.1) is 11.3 Å². The molecule has 2 aromatic carbocycles. The highest BCUT2D eigenvalue weighted by Gasteiger charge is 2.18. The number of fused-ring (bicyclic) bond motifs is 1. The van der Waals surface area contributed by atoms with Gasteiger partial charge in [0.05, 0.1) is 12.1 Å². The van der Waals surface area contributed by atoms with E-state index in [0.29, 0.717) is 17.4 Å². The highest BCUT2D eigenvalue weighted by Crippen LogP contribution is 2.32. The molecule has 0 amide bonds. The third-order valence-corrected chi connectivity index (χ3v) is 5.20. The summed E-state index contributed by atoms with van der Waals surface area (Å²) in [6.45, 7) is 2.10. The van der Waals surface area contributed by atoms with Crippen molar-refractivity contribution < 1.29 is 9.53 Å². The normalized spacial score (nSPS) is 11.0. The van der Waals surface area contributed by atoms with Crippen LogP contribution in [0.1, 0.15) is 17.4 Å². The molecule has 0 bridgehead atoms. The molecule has 2 aromatic heterocycles. The number of rotatable bonds is 5. The molecule has 0 saturated carbocycles. The number of aromatic nitrogens is 3. The van der Waals surface area contributed by atoms with Crippen LogP contribution in [0.25, 0.3) is 27.3 Å². The zero-order chi connectivity index (χ0) is 19.7. The summed E-state index contributed by atoms with van der Waals surface area (Å²) in [5.74, 6) is -0.418. The molecule has 4 aromatic rings. The minimum absolute atomic E-state index is 0.301. The SMILES string of the molecule is CCOC(=O)c1csc(-n2nc(-c3ccccc3)c3ccc(N(C)C)cc32)n1. The van der Waals surface area contributed by atoms with Gasteiger partial charge in [0.2, 0.25) is 5.13 Å². The molecular formula is C21H20N4O2S. The molecule has 2 heterocycles. The Hall–Kier alpha value is -3.19. The summed E-state index contributed by atoms with van der Waals surface area (Å²) in [6.07, 6.45) is 0. The van der Waals surface area contributed by atoms with Crippen molar-refractivity contribution in [3.05, 3.63) is 59.6 Å². The standard InChI is InChI=1S/C21H20N4O2S/c1-4-27-20(26)17-13-28-21(22-17)25-18-12-15(24(2)3)10-11-16(18)19(23-25)14-8-6-5-7-9-14/h5-13H,4H2,1-3H3. The van der Waals surface area contributed by atoms with Crippen LogP contribution < -0.4 is 4.90 Å². The average Bonchev–Trinajstić information content (AvgIpc) is 3.33. The third kappa shape index (κ3) is 3.25. The van der Waals surface area contributed by atoms with E-state index in [0.717, 1.165) is 27.8 Å². The van der Waals surface area contributed by atoms with Gasteiger partial charge in [0.15, 0.2) is 5.69 Å². The largest absolute Gasteiger partial charge is 0.461 e. The number of hydrogen-bond acceptors (Lipinski definition) is 6. The van der Waals surface area contributed by atoms with E-state index < -0.39 is 5.97 Å². The molecular weight excluding hydrogens is 372 g/mol. The van der Waals surface area contributed by atoms with E-state index in [1.165, 1.54) is 11.3 Å². The summed E-state index contributed by atoms with van der Waals surface area (Å²) in [4.78, 5) is 18.5. The number of ether oxygens (including phenoxy) is 1. The number of carbonyl (C=O) groups is 1. The lowest BCUT2D eigenvalue weighted by Gasteiger charge is -2.12. The number of esters is 1. The van der Waals surface area contributed by atoms with Crippen LogP contribution in [-0.2, 0) is 4.74 Å². The van der Waals surface area contributed by atoms with Crippen LogP contribution in [0.4, 0.5) is 5.69 Å². The number of hydrogen-bond donors (Lipinski definition) is 0. The van der Waals surface area contributed by atoms with Crippen molar-refractivity contribution in [2.45, 2.75) is 6.92 Å². The molecule has 0 fully saturated rings. The van der Waals surface area contributed by atoms with Gasteiger partial charge in [-0.05, 0) is 25.1 Å². The lowest BCUT2D eigenvalue weighted by molar-refractivity contribution is 0.0520. The summed E-state index contributed by atoms with van der Waals surface area (Å²) in [5.41, 5.74) is 4.22. The molecule has 0 aliphatic carbocycles. The second kappa shape index (κ2) is 7.44. The number of thiazole rings is 1. The minimum Gasteiger partial charge on any atom is -0.461 e. The van der Waals surface area contributed by atoms with Gasteiger partial charge in [-0.1, -0.05) is 30.3 Å². The van der Waals surface area contributed by atoms with Gasteiger partial charge in [-0.3, -0.25) is 0 Å². The molecule has 0 radical (unpaired) electrons. The Morgan fingerprint density at radius 1 is 1.18 bits per heavy atom. The van der Waals surface area contributed by atoms with E-state index in [1.807, 2.05) is 49.3 Å². The molecule has 0 aliphatic heterocycles. The molecule has 0 aliphatic rings. The molecule has 0 spiro atoms. The lowest BCUT2D eigenvalue weighted by Crippen LogP contribution is -2.08. The monoisotopic (exact) mass is 392 g/mol. The van der Waals surface area contributed by atoms with Crippen molar-refractivity contribution >= 4 is 33.9 Å². The molecule has 7 heteroatoms. The number of benzene rings is 2. The summed E-state index contributed by atoms with van der Waals surface area (Å²) in [6, 6.07) is 16.3. The van der Waals surface area contributed by atoms with Crippen molar-refractivity contribution in [1.29, 1.82) is 0 Å². The Labute approximate surface area is 167 Å². The van der Waals surface area contributed by atoms with Crippen LogP contribution in [0.2, 0.25) is 0 Å². The minimum atomic E-state index is -0.418. The molecule has 28 heavy (non-hydrogen) atoms. The van der Waals surface area contributed by atoms with E-state index in [2.05, 4.69) is 23.2 Å². The fourth-order valence-electron chi connectivity index (χ4n) is 3.00. The summed E-state index contributed by atoms with van der Waals surface area (Å²) >= 11 is 1.37. The third-order valence-electron chi connectivity index (χ3n) is 4.39. The average molecular weight is 392 g/mol. The second-order valence-electron chi connectivity index (χ2n) is 6.46. The summed E-state index contributed by atoms with van der Waals surface area (Å²) in [5, 5.41) is 8.21. The van der Waals surface area contributed by atoms with E-state index in [4.69, 9.17) is 9.84 Å². The van der Waals surface area contributed by atoms with Crippen molar-refractivity contribution in [3.8, 4) is 16.4 Å². The zero-order valence-electron chi connectivity index (χ0n) is 15.9. The Balaban J connectivity index is 1.90. The fourth-order valence-corrected chi connectivity index (χ4v) is 3.75. The Morgan fingerprint density at radius 2 is 1.96 bits per heavy atom. The van der Waals surface area contributed by atoms with Gasteiger partial charge in [0, 0.05) is 36.1 Å². The van der Waals surface area contributed by atoms with Gasteiger partial charge in [0.1, 0.15) is 5.69 Å². The van der Waals surface area contributed by atoms with Crippen molar-refractivity contribution in [2.24, 2.45) is 0 Å². The zero-order valence-corrected chi connectivity index (χ0v) is 16.7. The van der Waals surface area contributed by atoms with Gasteiger partial charge >= 0.3 is 5.97 Å². The van der Waals surface area contributed by atoms with E-state index in [1.54, 1.807) is 17.0 Å². The molecule has 0 unspecified atom stereocenters. The second-order valence-corrected chi connectivity index (χ2v) is 7.29. The van der Waals surface area contributed by atoms with E-state index >= 15 is 0 Å². The van der Waals surface area contributed by atoms with Crippen LogP contribution in [-0.4, -0.2) is 41.4 Å². The first kappa shape index (κ1) is 18.2. The first-order chi connectivity index (χ1) is 13.6. The highest BCUT2D eigenvalue weighted by atomic mass is 32.1. The number of anilines is 1. The highest BCUT2D eigenvalue weighted by molar-refractivity contribution is 7.12. The van der Waals surface area contributed by atoms with Crippen LogP contribution in [0.3, 0.4) is 0 Å². The molecule has 0 N–H and O–H groups in total. The molecule has 6 nitrogen and oxygen atoms in total. The number of nitrogens with zero attached hydrogens (tertiary/aromatic N) is 4. The fraction of sp³-hybridized carbons (Fsp3) is 0.190. The van der Waals surface area contributed by atoms with Crippen LogP contribution in [0, 0.1) is 0 Å². The van der Waals surface area contributed by atoms with Crippen molar-refractivity contribution in [3.63, 3.8) is 0 Å². The molecule has 0 atom stereocenters. The van der Waals surface area contributed by atoms with Crippen LogP contribution in [0.15, 0.2) is 53.9 Å². The maximum absolute atomic E-state index is 12.0. The Morgan fingerprint density at radius 3 is 2.68 bits per heavy atom. The van der Waals surface area contributed by atoms with Gasteiger partial charge in [-0.2, -0.15) is 5.10 Å².